The van der Waals surface area contributed by atoms with Crippen LogP contribution >= 0.6 is 0 Å². The van der Waals surface area contributed by atoms with Gasteiger partial charge in [-0.3, -0.25) is 0 Å². The molecule has 0 amide bonds. The number of hydrogen-bond donors (Lipinski definition) is 2. The number of aliphatic hydroxyl groups is 1. The fourth-order valence-corrected chi connectivity index (χ4v) is 1.72. The molecule has 0 saturated heterocycles. The molecule has 2 nitrogen and oxygen atoms in total. The highest BCUT2D eigenvalue weighted by atomic mass is 16.2. The van der Waals surface area contributed by atoms with Crippen molar-refractivity contribution in [3.05, 3.63) is 35.9 Å². The van der Waals surface area contributed by atoms with Crippen LogP contribution < -0.4 is 5.32 Å². The van der Waals surface area contributed by atoms with E-state index in [-0.39, 0.29) is 0 Å². The summed E-state index contributed by atoms with van der Waals surface area (Å²) >= 11 is 0. The van der Waals surface area contributed by atoms with E-state index < -0.39 is 0 Å². The number of rotatable bonds is 8. The van der Waals surface area contributed by atoms with Crippen LogP contribution in [0.3, 0.4) is 0 Å². The lowest BCUT2D eigenvalue weighted by molar-refractivity contribution is 0.282. The molecule has 0 aromatic heterocycles. The molecule has 0 aliphatic carbocycles. The second-order valence-electron chi connectivity index (χ2n) is 4.31. The average molecular weight is 221 g/mol. The van der Waals surface area contributed by atoms with E-state index in [0.29, 0.717) is 12.6 Å². The summed E-state index contributed by atoms with van der Waals surface area (Å²) in [5.41, 5.74) is 1.41. The van der Waals surface area contributed by atoms with Crippen molar-refractivity contribution >= 4 is 0 Å². The van der Waals surface area contributed by atoms with E-state index in [1.54, 1.807) is 0 Å². The highest BCUT2D eigenvalue weighted by molar-refractivity contribution is 5.14. The zero-order valence-electron chi connectivity index (χ0n) is 10.2. The highest BCUT2D eigenvalue weighted by Gasteiger charge is 2.01. The van der Waals surface area contributed by atoms with Crippen molar-refractivity contribution in [3.63, 3.8) is 0 Å². The van der Waals surface area contributed by atoms with Gasteiger partial charge in [0.05, 0.1) is 0 Å². The maximum absolute atomic E-state index is 8.66. The van der Waals surface area contributed by atoms with Crippen LogP contribution in [0.4, 0.5) is 0 Å². The molecule has 0 aliphatic heterocycles. The van der Waals surface area contributed by atoms with Crippen LogP contribution in [0.5, 0.6) is 0 Å². The molecule has 0 fully saturated rings. The Morgan fingerprint density at radius 2 is 1.94 bits per heavy atom. The largest absolute Gasteiger partial charge is 0.396 e. The Kier molecular flexibility index (Phi) is 6.86. The van der Waals surface area contributed by atoms with Gasteiger partial charge in [0.1, 0.15) is 0 Å². The molecule has 0 heterocycles. The number of aliphatic hydroxyl groups excluding tert-OH is 1. The molecule has 2 N–H and O–H groups in total. The summed E-state index contributed by atoms with van der Waals surface area (Å²) in [4.78, 5) is 0. The van der Waals surface area contributed by atoms with Gasteiger partial charge < -0.3 is 10.4 Å². The summed E-state index contributed by atoms with van der Waals surface area (Å²) in [5.74, 6) is 0. The molecule has 1 rings (SSSR count). The zero-order valence-corrected chi connectivity index (χ0v) is 10.2. The fourth-order valence-electron chi connectivity index (χ4n) is 1.72. The third-order valence-corrected chi connectivity index (χ3v) is 2.79. The second kappa shape index (κ2) is 8.31. The molecular weight excluding hydrogens is 198 g/mol. The summed E-state index contributed by atoms with van der Waals surface area (Å²) in [5, 5.41) is 12.1. The molecule has 0 spiro atoms. The van der Waals surface area contributed by atoms with Gasteiger partial charge in [0.25, 0.3) is 0 Å². The smallest absolute Gasteiger partial charge is 0.0431 e. The van der Waals surface area contributed by atoms with E-state index in [9.17, 15) is 0 Å². The van der Waals surface area contributed by atoms with Gasteiger partial charge in [0.15, 0.2) is 0 Å². The second-order valence-corrected chi connectivity index (χ2v) is 4.31. The lowest BCUT2D eigenvalue weighted by Crippen LogP contribution is -2.27. The Labute approximate surface area is 98.7 Å². The molecule has 1 unspecified atom stereocenters. The zero-order chi connectivity index (χ0) is 11.6. The lowest BCUT2D eigenvalue weighted by atomic mass is 10.1. The van der Waals surface area contributed by atoms with Crippen LogP contribution in [0.15, 0.2) is 30.3 Å². The van der Waals surface area contributed by atoms with Gasteiger partial charge in [-0.05, 0) is 44.7 Å². The van der Waals surface area contributed by atoms with Crippen LogP contribution in [0.25, 0.3) is 0 Å². The molecule has 1 aromatic carbocycles. The Bertz CT molecular complexity index is 261. The summed E-state index contributed by atoms with van der Waals surface area (Å²) < 4.78 is 0. The van der Waals surface area contributed by atoms with E-state index in [2.05, 4.69) is 42.6 Å². The summed E-state index contributed by atoms with van der Waals surface area (Å²) in [6, 6.07) is 11.2. The molecule has 0 bridgehead atoms. The van der Waals surface area contributed by atoms with E-state index in [1.807, 2.05) is 0 Å². The molecule has 0 aliphatic rings. The fraction of sp³-hybridized carbons (Fsp3) is 0.571. The van der Waals surface area contributed by atoms with Crippen LogP contribution in [0.1, 0.15) is 31.7 Å². The first kappa shape index (κ1) is 13.2. The van der Waals surface area contributed by atoms with Gasteiger partial charge in [-0.15, -0.1) is 0 Å². The van der Waals surface area contributed by atoms with Crippen molar-refractivity contribution in [1.29, 1.82) is 0 Å². The third-order valence-electron chi connectivity index (χ3n) is 2.79. The Balaban J connectivity index is 2.08. The minimum absolute atomic E-state index is 0.306. The van der Waals surface area contributed by atoms with Crippen molar-refractivity contribution in [2.45, 2.75) is 38.6 Å². The molecule has 1 aromatic rings. The first-order chi connectivity index (χ1) is 7.83. The normalized spacial score (nSPS) is 12.6. The molecule has 0 radical (unpaired) electrons. The molecule has 90 valence electrons. The van der Waals surface area contributed by atoms with Crippen molar-refractivity contribution < 1.29 is 5.11 Å². The minimum Gasteiger partial charge on any atom is -0.396 e. The Morgan fingerprint density at radius 3 is 2.62 bits per heavy atom. The first-order valence-electron chi connectivity index (χ1n) is 6.21. The predicted octanol–water partition coefficient (Wildman–Crippen LogP) is 2.37. The van der Waals surface area contributed by atoms with Gasteiger partial charge in [0, 0.05) is 12.6 Å². The molecule has 2 heteroatoms. The van der Waals surface area contributed by atoms with E-state index >= 15 is 0 Å². The van der Waals surface area contributed by atoms with Crippen LogP contribution in [0, 0.1) is 0 Å². The van der Waals surface area contributed by atoms with Gasteiger partial charge in [-0.1, -0.05) is 30.3 Å². The average Bonchev–Trinajstić information content (AvgIpc) is 2.33. The molecule has 16 heavy (non-hydrogen) atoms. The van der Waals surface area contributed by atoms with Gasteiger partial charge in [0.2, 0.25) is 0 Å². The Hall–Kier alpha value is -0.860. The number of unbranched alkanes of at least 4 members (excludes halogenated alkanes) is 1. The summed E-state index contributed by atoms with van der Waals surface area (Å²) in [7, 11) is 0. The van der Waals surface area contributed by atoms with Crippen LogP contribution in [-0.2, 0) is 6.42 Å². The van der Waals surface area contributed by atoms with Gasteiger partial charge in [-0.2, -0.15) is 0 Å². The van der Waals surface area contributed by atoms with Gasteiger partial charge >= 0.3 is 0 Å². The first-order valence-corrected chi connectivity index (χ1v) is 6.21. The Morgan fingerprint density at radius 1 is 1.19 bits per heavy atom. The van der Waals surface area contributed by atoms with Crippen molar-refractivity contribution in [1.82, 2.24) is 5.32 Å². The maximum atomic E-state index is 8.66. The minimum atomic E-state index is 0.306. The predicted molar refractivity (Wildman–Crippen MR) is 68.5 cm³/mol. The van der Waals surface area contributed by atoms with E-state index in [4.69, 9.17) is 5.11 Å². The van der Waals surface area contributed by atoms with Crippen molar-refractivity contribution in [3.8, 4) is 0 Å². The summed E-state index contributed by atoms with van der Waals surface area (Å²) in [6.07, 6.45) is 4.27. The third kappa shape index (κ3) is 5.89. The highest BCUT2D eigenvalue weighted by Crippen LogP contribution is 2.04. The van der Waals surface area contributed by atoms with E-state index in [0.717, 1.165) is 25.8 Å². The lowest BCUT2D eigenvalue weighted by Gasteiger charge is -2.13. The van der Waals surface area contributed by atoms with Crippen LogP contribution in [-0.4, -0.2) is 24.3 Å². The van der Waals surface area contributed by atoms with E-state index in [1.165, 1.54) is 12.0 Å². The number of aryl methyl sites for hydroxylation is 1. The number of nitrogens with one attached hydrogen (secondary N) is 1. The molecular formula is C14H23NO. The molecule has 1 atom stereocenters. The summed E-state index contributed by atoms with van der Waals surface area (Å²) in [6.45, 7) is 3.54. The molecule has 0 saturated carbocycles. The quantitative estimate of drug-likeness (QED) is 0.661. The SMILES string of the molecule is CC(CCc1ccccc1)NCCCCO. The van der Waals surface area contributed by atoms with Crippen molar-refractivity contribution in [2.24, 2.45) is 0 Å². The maximum Gasteiger partial charge on any atom is 0.0431 e. The monoisotopic (exact) mass is 221 g/mol. The standard InChI is InChI=1S/C14H23NO/c1-13(15-11-5-6-12-16)9-10-14-7-3-2-4-8-14/h2-4,7-8,13,15-16H,5-6,9-12H2,1H3. The topological polar surface area (TPSA) is 32.3 Å². The number of benzene rings is 1. The number of hydrogen-bond acceptors (Lipinski definition) is 2. The van der Waals surface area contributed by atoms with Gasteiger partial charge in [-0.25, -0.2) is 0 Å². The van der Waals surface area contributed by atoms with Crippen molar-refractivity contribution in [2.75, 3.05) is 13.2 Å². The van der Waals surface area contributed by atoms with Crippen LogP contribution in [0.2, 0.25) is 0 Å².